The van der Waals surface area contributed by atoms with E-state index in [-0.39, 0.29) is 11.9 Å². The molecule has 0 aromatic carbocycles. The van der Waals surface area contributed by atoms with Crippen molar-refractivity contribution >= 4 is 11.9 Å². The number of carbonyl (C=O) groups is 2. The van der Waals surface area contributed by atoms with Crippen molar-refractivity contribution in [3.05, 3.63) is 0 Å². The van der Waals surface area contributed by atoms with Gasteiger partial charge in [0.25, 0.3) is 0 Å². The summed E-state index contributed by atoms with van der Waals surface area (Å²) in [6.45, 7) is 2.87. The summed E-state index contributed by atoms with van der Waals surface area (Å²) in [5.74, 6) is -0.255. The number of hydrogen-bond acceptors (Lipinski definition) is 3. The van der Waals surface area contributed by atoms with Crippen molar-refractivity contribution in [2.75, 3.05) is 34.2 Å². The first-order valence-corrected chi connectivity index (χ1v) is 4.62. The van der Waals surface area contributed by atoms with E-state index in [2.05, 4.69) is 5.32 Å². The smallest absolute Gasteiger partial charge is 0.323 e. The standard InChI is InChI=1S/C9H19N3O2/c1-8(13)12(4)9(14)10-6-5-7-11(2)3/h5-7H2,1-4H3,(H,10,14). The fourth-order valence-corrected chi connectivity index (χ4v) is 0.852. The maximum absolute atomic E-state index is 11.2. The minimum Gasteiger partial charge on any atom is -0.338 e. The highest BCUT2D eigenvalue weighted by molar-refractivity contribution is 5.92. The second-order valence-electron chi connectivity index (χ2n) is 3.47. The van der Waals surface area contributed by atoms with E-state index >= 15 is 0 Å². The van der Waals surface area contributed by atoms with Crippen LogP contribution in [0.2, 0.25) is 0 Å². The van der Waals surface area contributed by atoms with Crippen LogP contribution in [0.4, 0.5) is 4.79 Å². The topological polar surface area (TPSA) is 52.7 Å². The van der Waals surface area contributed by atoms with Gasteiger partial charge in [-0.1, -0.05) is 0 Å². The van der Waals surface area contributed by atoms with E-state index in [1.54, 1.807) is 0 Å². The highest BCUT2D eigenvalue weighted by Gasteiger charge is 2.10. The third-order valence-corrected chi connectivity index (χ3v) is 1.84. The van der Waals surface area contributed by atoms with E-state index in [1.807, 2.05) is 19.0 Å². The Hall–Kier alpha value is -1.10. The molecule has 0 aromatic heterocycles. The lowest BCUT2D eigenvalue weighted by Crippen LogP contribution is -2.40. The largest absolute Gasteiger partial charge is 0.338 e. The molecule has 0 bridgehead atoms. The molecule has 82 valence electrons. The lowest BCUT2D eigenvalue weighted by Gasteiger charge is -2.14. The van der Waals surface area contributed by atoms with E-state index in [1.165, 1.54) is 14.0 Å². The summed E-state index contributed by atoms with van der Waals surface area (Å²) in [5, 5.41) is 2.66. The first-order valence-electron chi connectivity index (χ1n) is 4.62. The summed E-state index contributed by atoms with van der Waals surface area (Å²) in [6, 6.07) is -0.337. The quantitative estimate of drug-likeness (QED) is 0.658. The number of urea groups is 1. The molecule has 0 radical (unpaired) electrons. The molecule has 0 saturated heterocycles. The van der Waals surface area contributed by atoms with Gasteiger partial charge in [0.2, 0.25) is 5.91 Å². The summed E-state index contributed by atoms with van der Waals surface area (Å²) in [5.41, 5.74) is 0. The zero-order valence-corrected chi connectivity index (χ0v) is 9.33. The number of hydrogen-bond donors (Lipinski definition) is 1. The van der Waals surface area contributed by atoms with Crippen LogP contribution in [0.3, 0.4) is 0 Å². The molecule has 5 heteroatoms. The molecule has 5 nitrogen and oxygen atoms in total. The fourth-order valence-electron chi connectivity index (χ4n) is 0.852. The number of carbonyl (C=O) groups excluding carboxylic acids is 2. The van der Waals surface area contributed by atoms with Gasteiger partial charge in [-0.3, -0.25) is 9.69 Å². The molecule has 0 aliphatic carbocycles. The average molecular weight is 201 g/mol. The monoisotopic (exact) mass is 201 g/mol. The lowest BCUT2D eigenvalue weighted by atomic mass is 10.4. The molecular formula is C9H19N3O2. The van der Waals surface area contributed by atoms with Gasteiger partial charge in [-0.15, -0.1) is 0 Å². The SMILES string of the molecule is CC(=O)N(C)C(=O)NCCCN(C)C. The molecule has 0 atom stereocenters. The van der Waals surface area contributed by atoms with Crippen LogP contribution in [0.25, 0.3) is 0 Å². The second-order valence-corrected chi connectivity index (χ2v) is 3.47. The third-order valence-electron chi connectivity index (χ3n) is 1.84. The zero-order chi connectivity index (χ0) is 11.1. The molecule has 1 N–H and O–H groups in total. The van der Waals surface area contributed by atoms with Crippen molar-refractivity contribution in [2.45, 2.75) is 13.3 Å². The lowest BCUT2D eigenvalue weighted by molar-refractivity contribution is -0.124. The summed E-state index contributed by atoms with van der Waals surface area (Å²) in [7, 11) is 5.41. The molecule has 0 fully saturated rings. The molecule has 0 saturated carbocycles. The fraction of sp³-hybridized carbons (Fsp3) is 0.778. The van der Waals surface area contributed by atoms with E-state index < -0.39 is 0 Å². The van der Waals surface area contributed by atoms with Gasteiger partial charge in [-0.25, -0.2) is 4.79 Å². The van der Waals surface area contributed by atoms with Gasteiger partial charge in [0, 0.05) is 20.5 Å². The molecule has 14 heavy (non-hydrogen) atoms. The van der Waals surface area contributed by atoms with E-state index in [4.69, 9.17) is 0 Å². The Labute approximate surface area is 85.1 Å². The molecule has 0 aliphatic rings. The second kappa shape index (κ2) is 6.37. The third kappa shape index (κ3) is 5.53. The van der Waals surface area contributed by atoms with Crippen LogP contribution < -0.4 is 5.32 Å². The Balaban J connectivity index is 3.59. The Morgan fingerprint density at radius 1 is 1.21 bits per heavy atom. The minimum atomic E-state index is -0.337. The Morgan fingerprint density at radius 3 is 2.21 bits per heavy atom. The Morgan fingerprint density at radius 2 is 1.79 bits per heavy atom. The Bertz CT molecular complexity index is 204. The predicted molar refractivity (Wildman–Crippen MR) is 55.0 cm³/mol. The van der Waals surface area contributed by atoms with Crippen LogP contribution in [0, 0.1) is 0 Å². The zero-order valence-electron chi connectivity index (χ0n) is 9.33. The van der Waals surface area contributed by atoms with Crippen molar-refractivity contribution in [2.24, 2.45) is 0 Å². The van der Waals surface area contributed by atoms with Gasteiger partial charge in [0.15, 0.2) is 0 Å². The van der Waals surface area contributed by atoms with Crippen molar-refractivity contribution in [3.8, 4) is 0 Å². The molecule has 0 spiro atoms. The van der Waals surface area contributed by atoms with Crippen molar-refractivity contribution in [1.82, 2.24) is 15.1 Å². The molecule has 0 unspecified atom stereocenters. The highest BCUT2D eigenvalue weighted by atomic mass is 16.2. The predicted octanol–water partition coefficient (Wildman–Crippen LogP) is 0.126. The van der Waals surface area contributed by atoms with Crippen LogP contribution in [0.1, 0.15) is 13.3 Å². The van der Waals surface area contributed by atoms with Crippen LogP contribution in [-0.4, -0.2) is 56.0 Å². The van der Waals surface area contributed by atoms with Crippen LogP contribution >= 0.6 is 0 Å². The number of nitrogens with one attached hydrogen (secondary N) is 1. The van der Waals surface area contributed by atoms with Gasteiger partial charge in [-0.2, -0.15) is 0 Å². The highest BCUT2D eigenvalue weighted by Crippen LogP contribution is 1.86. The van der Waals surface area contributed by atoms with Crippen molar-refractivity contribution < 1.29 is 9.59 Å². The minimum absolute atomic E-state index is 0.255. The van der Waals surface area contributed by atoms with Gasteiger partial charge < -0.3 is 10.2 Å². The van der Waals surface area contributed by atoms with Gasteiger partial charge in [0.1, 0.15) is 0 Å². The summed E-state index contributed by atoms with van der Waals surface area (Å²) in [4.78, 5) is 25.1. The average Bonchev–Trinajstić information content (AvgIpc) is 2.10. The van der Waals surface area contributed by atoms with E-state index in [0.717, 1.165) is 17.9 Å². The van der Waals surface area contributed by atoms with Crippen LogP contribution in [0.5, 0.6) is 0 Å². The Kier molecular flexibility index (Phi) is 5.87. The number of amides is 3. The number of imide groups is 1. The first kappa shape index (κ1) is 12.9. The van der Waals surface area contributed by atoms with Crippen molar-refractivity contribution in [1.29, 1.82) is 0 Å². The van der Waals surface area contributed by atoms with Crippen molar-refractivity contribution in [3.63, 3.8) is 0 Å². The number of nitrogens with zero attached hydrogens (tertiary/aromatic N) is 2. The van der Waals surface area contributed by atoms with Gasteiger partial charge in [-0.05, 0) is 27.1 Å². The van der Waals surface area contributed by atoms with Crippen LogP contribution in [-0.2, 0) is 4.79 Å². The maximum atomic E-state index is 11.2. The summed E-state index contributed by atoms with van der Waals surface area (Å²) < 4.78 is 0. The van der Waals surface area contributed by atoms with E-state index in [9.17, 15) is 9.59 Å². The summed E-state index contributed by atoms with van der Waals surface area (Å²) in [6.07, 6.45) is 0.879. The first-order chi connectivity index (χ1) is 6.45. The molecule has 0 heterocycles. The van der Waals surface area contributed by atoms with Gasteiger partial charge >= 0.3 is 6.03 Å². The van der Waals surface area contributed by atoms with E-state index in [0.29, 0.717) is 6.54 Å². The molecular weight excluding hydrogens is 182 g/mol. The maximum Gasteiger partial charge on any atom is 0.323 e. The summed E-state index contributed by atoms with van der Waals surface area (Å²) >= 11 is 0. The molecule has 0 aromatic rings. The molecule has 0 aliphatic heterocycles. The molecule has 0 rings (SSSR count). The molecule has 3 amide bonds. The van der Waals surface area contributed by atoms with Crippen LogP contribution in [0.15, 0.2) is 0 Å². The normalized spacial score (nSPS) is 10.1. The van der Waals surface area contributed by atoms with Gasteiger partial charge in [0.05, 0.1) is 0 Å². The number of rotatable bonds is 4.